The number of benzene rings is 1. The summed E-state index contributed by atoms with van der Waals surface area (Å²) in [6.45, 7) is 7.22. The number of carbonyl (C=O) groups excluding carboxylic acids is 1. The molecule has 1 amide bonds. The molecule has 0 bridgehead atoms. The summed E-state index contributed by atoms with van der Waals surface area (Å²) in [5, 5.41) is 3.68. The lowest BCUT2D eigenvalue weighted by molar-refractivity contribution is -0.119. The van der Waals surface area contributed by atoms with Gasteiger partial charge in [0.05, 0.1) is 12.8 Å². The predicted octanol–water partition coefficient (Wildman–Crippen LogP) is 2.30. The van der Waals surface area contributed by atoms with E-state index in [1.165, 1.54) is 0 Å². The third-order valence-electron chi connectivity index (χ3n) is 2.63. The Hall–Kier alpha value is -1.55. The summed E-state index contributed by atoms with van der Waals surface area (Å²) in [5.41, 5.74) is 0.863. The minimum atomic E-state index is 0.0128. The minimum absolute atomic E-state index is 0.0128. The van der Waals surface area contributed by atoms with Crippen molar-refractivity contribution in [2.45, 2.75) is 20.8 Å². The zero-order valence-electron chi connectivity index (χ0n) is 10.9. The van der Waals surface area contributed by atoms with Crippen LogP contribution < -0.4 is 9.75 Å². The molecule has 0 atom stereocenters. The molecular formula is C13H20N2O2. The van der Waals surface area contributed by atoms with Crippen molar-refractivity contribution < 1.29 is 9.53 Å². The molecule has 1 rings (SSSR count). The highest BCUT2D eigenvalue weighted by Crippen LogP contribution is 2.20. The van der Waals surface area contributed by atoms with Crippen molar-refractivity contribution in [3.63, 3.8) is 0 Å². The van der Waals surface area contributed by atoms with Crippen LogP contribution in [0.4, 0.5) is 5.69 Å². The van der Waals surface area contributed by atoms with Crippen molar-refractivity contribution >= 4 is 11.6 Å². The molecule has 0 heterocycles. The summed E-state index contributed by atoms with van der Waals surface area (Å²) in [6, 6.07) is 7.49. The van der Waals surface area contributed by atoms with Gasteiger partial charge in [0.15, 0.2) is 0 Å². The molecule has 1 aromatic carbocycles. The molecule has 17 heavy (non-hydrogen) atoms. The van der Waals surface area contributed by atoms with Gasteiger partial charge in [-0.1, -0.05) is 13.8 Å². The van der Waals surface area contributed by atoms with E-state index in [-0.39, 0.29) is 5.91 Å². The molecule has 4 heteroatoms. The first-order valence-electron chi connectivity index (χ1n) is 5.83. The number of amides is 1. The summed E-state index contributed by atoms with van der Waals surface area (Å²) in [5.74, 6) is 0.802. The molecule has 0 spiro atoms. The van der Waals surface area contributed by atoms with E-state index < -0.39 is 0 Å². The summed E-state index contributed by atoms with van der Waals surface area (Å²) >= 11 is 0. The predicted molar refractivity (Wildman–Crippen MR) is 69.1 cm³/mol. The maximum Gasteiger partial charge on any atom is 0.238 e. The number of ether oxygens (including phenoxy) is 1. The third-order valence-corrected chi connectivity index (χ3v) is 2.63. The number of hydrogen-bond donors (Lipinski definition) is 0. The van der Waals surface area contributed by atoms with Gasteiger partial charge in [0.2, 0.25) is 5.91 Å². The van der Waals surface area contributed by atoms with Crippen molar-refractivity contribution in [3.05, 3.63) is 24.3 Å². The van der Waals surface area contributed by atoms with E-state index in [2.05, 4.69) is 0 Å². The minimum Gasteiger partial charge on any atom is -0.497 e. The Morgan fingerprint density at radius 1 is 1.18 bits per heavy atom. The molecule has 0 aromatic heterocycles. The fraction of sp³-hybridized carbons (Fsp3) is 0.462. The number of methoxy groups -OCH3 is 1. The van der Waals surface area contributed by atoms with Crippen LogP contribution in [0.5, 0.6) is 5.75 Å². The van der Waals surface area contributed by atoms with Crippen molar-refractivity contribution in [1.29, 1.82) is 0 Å². The van der Waals surface area contributed by atoms with Gasteiger partial charge >= 0.3 is 0 Å². The van der Waals surface area contributed by atoms with Crippen LogP contribution in [0.1, 0.15) is 20.8 Å². The SMILES string of the molecule is CCN(CC)N(C(C)=O)c1ccc(OC)cc1. The molecule has 0 aliphatic rings. The van der Waals surface area contributed by atoms with Crippen molar-refractivity contribution in [1.82, 2.24) is 5.01 Å². The Kier molecular flexibility index (Phi) is 4.97. The van der Waals surface area contributed by atoms with Gasteiger partial charge in [-0.05, 0) is 24.3 Å². The third kappa shape index (κ3) is 3.20. The van der Waals surface area contributed by atoms with Gasteiger partial charge in [0.25, 0.3) is 0 Å². The van der Waals surface area contributed by atoms with E-state index in [0.29, 0.717) is 0 Å². The number of carbonyl (C=O) groups is 1. The van der Waals surface area contributed by atoms with E-state index in [1.807, 2.05) is 43.1 Å². The van der Waals surface area contributed by atoms with Crippen LogP contribution in [-0.4, -0.2) is 31.1 Å². The zero-order valence-corrected chi connectivity index (χ0v) is 10.9. The Labute approximate surface area is 103 Å². The van der Waals surface area contributed by atoms with Gasteiger partial charge in [-0.15, -0.1) is 0 Å². The smallest absolute Gasteiger partial charge is 0.238 e. The Bertz CT molecular complexity index is 358. The standard InChI is InChI=1S/C13H20N2O2/c1-5-14(6-2)15(11(3)16)12-7-9-13(17-4)10-8-12/h7-10H,5-6H2,1-4H3. The molecule has 4 nitrogen and oxygen atoms in total. The molecule has 0 saturated carbocycles. The molecule has 94 valence electrons. The van der Waals surface area contributed by atoms with Crippen LogP contribution in [0.15, 0.2) is 24.3 Å². The Morgan fingerprint density at radius 3 is 2.06 bits per heavy atom. The highest BCUT2D eigenvalue weighted by molar-refractivity contribution is 5.90. The number of nitrogens with zero attached hydrogens (tertiary/aromatic N) is 2. The number of hydrazine groups is 1. The van der Waals surface area contributed by atoms with E-state index >= 15 is 0 Å². The van der Waals surface area contributed by atoms with Crippen LogP contribution in [0.3, 0.4) is 0 Å². The molecule has 0 N–H and O–H groups in total. The molecule has 0 saturated heterocycles. The second-order valence-electron chi connectivity index (χ2n) is 3.67. The molecule has 0 aliphatic carbocycles. The topological polar surface area (TPSA) is 32.8 Å². The second-order valence-corrected chi connectivity index (χ2v) is 3.67. The molecule has 0 fully saturated rings. The van der Waals surface area contributed by atoms with Crippen LogP contribution in [0.25, 0.3) is 0 Å². The summed E-state index contributed by atoms with van der Waals surface area (Å²) in [7, 11) is 1.63. The lowest BCUT2D eigenvalue weighted by Crippen LogP contribution is -2.45. The average Bonchev–Trinajstić information content (AvgIpc) is 2.35. The van der Waals surface area contributed by atoms with Crippen molar-refractivity contribution in [3.8, 4) is 5.75 Å². The molecule has 0 unspecified atom stereocenters. The fourth-order valence-electron chi connectivity index (χ4n) is 1.77. The largest absolute Gasteiger partial charge is 0.497 e. The number of rotatable bonds is 5. The highest BCUT2D eigenvalue weighted by Gasteiger charge is 2.17. The maximum atomic E-state index is 11.7. The average molecular weight is 236 g/mol. The van der Waals surface area contributed by atoms with E-state index in [4.69, 9.17) is 4.74 Å². The Morgan fingerprint density at radius 2 is 1.71 bits per heavy atom. The lowest BCUT2D eigenvalue weighted by Gasteiger charge is -2.32. The molecular weight excluding hydrogens is 216 g/mol. The second kappa shape index (κ2) is 6.25. The normalized spacial score (nSPS) is 10.4. The summed E-state index contributed by atoms with van der Waals surface area (Å²) in [6.07, 6.45) is 0. The quantitative estimate of drug-likeness (QED) is 0.735. The molecule has 0 radical (unpaired) electrons. The van der Waals surface area contributed by atoms with Gasteiger partial charge < -0.3 is 4.74 Å². The molecule has 1 aromatic rings. The van der Waals surface area contributed by atoms with E-state index in [1.54, 1.807) is 19.0 Å². The van der Waals surface area contributed by atoms with Gasteiger partial charge in [0, 0.05) is 20.0 Å². The van der Waals surface area contributed by atoms with Gasteiger partial charge in [-0.25, -0.2) is 10.0 Å². The maximum absolute atomic E-state index is 11.7. The van der Waals surface area contributed by atoms with E-state index in [0.717, 1.165) is 24.5 Å². The fourth-order valence-corrected chi connectivity index (χ4v) is 1.77. The molecule has 0 aliphatic heterocycles. The van der Waals surface area contributed by atoms with Crippen molar-refractivity contribution in [2.24, 2.45) is 0 Å². The van der Waals surface area contributed by atoms with Crippen LogP contribution in [-0.2, 0) is 4.79 Å². The monoisotopic (exact) mass is 236 g/mol. The van der Waals surface area contributed by atoms with Crippen LogP contribution in [0.2, 0.25) is 0 Å². The van der Waals surface area contributed by atoms with Crippen LogP contribution >= 0.6 is 0 Å². The lowest BCUT2D eigenvalue weighted by atomic mass is 10.3. The van der Waals surface area contributed by atoms with Gasteiger partial charge in [0.1, 0.15) is 5.75 Å². The van der Waals surface area contributed by atoms with E-state index in [9.17, 15) is 4.79 Å². The number of hydrogen-bond acceptors (Lipinski definition) is 3. The highest BCUT2D eigenvalue weighted by atomic mass is 16.5. The summed E-state index contributed by atoms with van der Waals surface area (Å²) < 4.78 is 5.11. The number of anilines is 1. The zero-order chi connectivity index (χ0) is 12.8. The van der Waals surface area contributed by atoms with Gasteiger partial charge in [-0.3, -0.25) is 4.79 Å². The first-order valence-corrected chi connectivity index (χ1v) is 5.83. The first-order chi connectivity index (χ1) is 8.13. The summed E-state index contributed by atoms with van der Waals surface area (Å²) in [4.78, 5) is 11.7. The Balaban J connectivity index is 3.00. The van der Waals surface area contributed by atoms with Crippen molar-refractivity contribution in [2.75, 3.05) is 25.2 Å². The first kappa shape index (κ1) is 13.5. The van der Waals surface area contributed by atoms with Gasteiger partial charge in [-0.2, -0.15) is 0 Å². The van der Waals surface area contributed by atoms with Crippen LogP contribution in [0, 0.1) is 0 Å².